The van der Waals surface area contributed by atoms with Crippen molar-refractivity contribution in [1.29, 1.82) is 0 Å². The van der Waals surface area contributed by atoms with E-state index in [9.17, 15) is 9.90 Å². The molecule has 1 amide bonds. The van der Waals surface area contributed by atoms with Gasteiger partial charge in [-0.2, -0.15) is 5.10 Å². The highest BCUT2D eigenvalue weighted by molar-refractivity contribution is 6.23. The molecule has 1 aromatic rings. The Morgan fingerprint density at radius 1 is 1.48 bits per heavy atom. The lowest BCUT2D eigenvalue weighted by atomic mass is 9.90. The second kappa shape index (κ2) is 6.69. The van der Waals surface area contributed by atoms with Gasteiger partial charge in [0.15, 0.2) is 0 Å². The van der Waals surface area contributed by atoms with Gasteiger partial charge in [-0.25, -0.2) is 0 Å². The van der Waals surface area contributed by atoms with Gasteiger partial charge in [0.2, 0.25) is 5.91 Å². The number of amides is 1. The van der Waals surface area contributed by atoms with Crippen molar-refractivity contribution >= 4 is 17.3 Å². The lowest BCUT2D eigenvalue weighted by Crippen LogP contribution is -2.48. The van der Waals surface area contributed by atoms with E-state index in [0.717, 1.165) is 17.0 Å². The Morgan fingerprint density at radius 3 is 2.86 bits per heavy atom. The molecule has 6 heteroatoms. The van der Waals surface area contributed by atoms with Gasteiger partial charge in [-0.15, -0.1) is 0 Å². The third-order valence-corrected chi connectivity index (χ3v) is 3.54. The third kappa shape index (κ3) is 3.06. The van der Waals surface area contributed by atoms with Gasteiger partial charge < -0.3 is 21.2 Å². The number of hydrazone groups is 1. The highest BCUT2D eigenvalue weighted by Gasteiger charge is 2.35. The number of fused-ring (bicyclic) bond motifs is 1. The standard InChI is InChI=1S/C15H22N4O2/c1-3-17-18-14-10(2)15(21)19(9-11(20)8-16)13-7-5-4-6-12(13)14/h4-7,10-11,17,20H,3,8-9,16H2,1-2H3/b18-14+. The monoisotopic (exact) mass is 290 g/mol. The first-order valence-electron chi connectivity index (χ1n) is 7.19. The topological polar surface area (TPSA) is 90.9 Å². The minimum absolute atomic E-state index is 0.0714. The van der Waals surface area contributed by atoms with Gasteiger partial charge in [-0.3, -0.25) is 4.79 Å². The Labute approximate surface area is 124 Å². The van der Waals surface area contributed by atoms with Crippen LogP contribution >= 0.6 is 0 Å². The molecule has 6 nitrogen and oxygen atoms in total. The lowest BCUT2D eigenvalue weighted by Gasteiger charge is -2.34. The fraction of sp³-hybridized carbons (Fsp3) is 0.467. The Balaban J connectivity index is 2.44. The van der Waals surface area contributed by atoms with Crippen LogP contribution in [-0.2, 0) is 4.79 Å². The first kappa shape index (κ1) is 15.5. The number of rotatable bonds is 5. The summed E-state index contributed by atoms with van der Waals surface area (Å²) in [5, 5.41) is 14.1. The SMILES string of the molecule is CCN/N=C1/c2ccccc2N(CC(O)CN)C(=O)C1C. The molecule has 0 bridgehead atoms. The lowest BCUT2D eigenvalue weighted by molar-refractivity contribution is -0.120. The van der Waals surface area contributed by atoms with Crippen molar-refractivity contribution in [2.45, 2.75) is 20.0 Å². The predicted molar refractivity (Wildman–Crippen MR) is 83.2 cm³/mol. The number of carbonyl (C=O) groups excluding carboxylic acids is 1. The van der Waals surface area contributed by atoms with Crippen LogP contribution < -0.4 is 16.1 Å². The third-order valence-electron chi connectivity index (χ3n) is 3.54. The second-order valence-electron chi connectivity index (χ2n) is 5.09. The van der Waals surface area contributed by atoms with Crippen LogP contribution in [0.15, 0.2) is 29.4 Å². The molecule has 114 valence electrons. The number of anilines is 1. The fourth-order valence-corrected chi connectivity index (χ4v) is 2.42. The van der Waals surface area contributed by atoms with Gasteiger partial charge in [0, 0.05) is 18.7 Å². The van der Waals surface area contributed by atoms with Crippen LogP contribution in [0.4, 0.5) is 5.69 Å². The van der Waals surface area contributed by atoms with E-state index in [1.54, 1.807) is 4.90 Å². The number of hydrogen-bond acceptors (Lipinski definition) is 5. The van der Waals surface area contributed by atoms with Crippen molar-refractivity contribution in [2.24, 2.45) is 16.8 Å². The molecule has 2 rings (SSSR count). The summed E-state index contributed by atoms with van der Waals surface area (Å²) in [5.74, 6) is -0.429. The summed E-state index contributed by atoms with van der Waals surface area (Å²) in [6, 6.07) is 7.59. The molecule has 0 saturated heterocycles. The first-order chi connectivity index (χ1) is 10.1. The average Bonchev–Trinajstić information content (AvgIpc) is 2.51. The summed E-state index contributed by atoms with van der Waals surface area (Å²) < 4.78 is 0. The van der Waals surface area contributed by atoms with Crippen LogP contribution in [0.3, 0.4) is 0 Å². The zero-order valence-corrected chi connectivity index (χ0v) is 12.4. The van der Waals surface area contributed by atoms with E-state index in [4.69, 9.17) is 5.73 Å². The van der Waals surface area contributed by atoms with Crippen LogP contribution in [-0.4, -0.2) is 42.5 Å². The van der Waals surface area contributed by atoms with Gasteiger partial charge in [0.25, 0.3) is 0 Å². The van der Waals surface area contributed by atoms with Crippen molar-refractivity contribution in [3.05, 3.63) is 29.8 Å². The molecule has 0 spiro atoms. The summed E-state index contributed by atoms with van der Waals surface area (Å²) in [6.07, 6.45) is -0.735. The zero-order chi connectivity index (χ0) is 15.4. The molecule has 1 aliphatic rings. The number of nitrogens with zero attached hydrogens (tertiary/aromatic N) is 2. The normalized spacial score (nSPS) is 21.3. The largest absolute Gasteiger partial charge is 0.390 e. The van der Waals surface area contributed by atoms with Gasteiger partial charge >= 0.3 is 0 Å². The molecule has 0 saturated carbocycles. The summed E-state index contributed by atoms with van der Waals surface area (Å²) in [5.41, 5.74) is 10.8. The number of aliphatic hydroxyl groups excluding tert-OH is 1. The highest BCUT2D eigenvalue weighted by Crippen LogP contribution is 2.30. The number of carbonyl (C=O) groups is 1. The van der Waals surface area contributed by atoms with Crippen molar-refractivity contribution in [3.63, 3.8) is 0 Å². The maximum atomic E-state index is 12.6. The summed E-state index contributed by atoms with van der Waals surface area (Å²) in [4.78, 5) is 14.2. The van der Waals surface area contributed by atoms with Gasteiger partial charge in [0.1, 0.15) is 0 Å². The van der Waals surface area contributed by atoms with E-state index < -0.39 is 6.10 Å². The summed E-state index contributed by atoms with van der Waals surface area (Å²) in [7, 11) is 0. The van der Waals surface area contributed by atoms with Crippen molar-refractivity contribution < 1.29 is 9.90 Å². The zero-order valence-electron chi connectivity index (χ0n) is 12.4. The van der Waals surface area contributed by atoms with E-state index in [1.807, 2.05) is 38.1 Å². The number of β-amino-alcohol motifs (C(OH)–C–C–N with tert-alkyl or cyclic N) is 1. The molecule has 1 aromatic carbocycles. The van der Waals surface area contributed by atoms with E-state index in [-0.39, 0.29) is 24.9 Å². The van der Waals surface area contributed by atoms with E-state index >= 15 is 0 Å². The van der Waals surface area contributed by atoms with Gasteiger partial charge in [-0.05, 0) is 19.9 Å². The van der Waals surface area contributed by atoms with Crippen LogP contribution in [0.5, 0.6) is 0 Å². The molecule has 21 heavy (non-hydrogen) atoms. The quantitative estimate of drug-likeness (QED) is 0.680. The smallest absolute Gasteiger partial charge is 0.236 e. The Morgan fingerprint density at radius 2 is 2.19 bits per heavy atom. The maximum Gasteiger partial charge on any atom is 0.236 e. The van der Waals surface area contributed by atoms with Crippen LogP contribution in [0.2, 0.25) is 0 Å². The number of para-hydroxylation sites is 1. The Bertz CT molecular complexity index is 544. The number of nitrogens with two attached hydrogens (primary N) is 1. The van der Waals surface area contributed by atoms with Gasteiger partial charge in [0.05, 0.1) is 30.0 Å². The Hall–Kier alpha value is -1.92. The minimum atomic E-state index is -0.735. The molecule has 1 aliphatic heterocycles. The molecule has 0 aliphatic carbocycles. The predicted octanol–water partition coefficient (Wildman–Crippen LogP) is 0.302. The number of benzene rings is 1. The number of aliphatic hydroxyl groups is 1. The van der Waals surface area contributed by atoms with Crippen LogP contribution in [0.25, 0.3) is 0 Å². The summed E-state index contributed by atoms with van der Waals surface area (Å²) >= 11 is 0. The van der Waals surface area contributed by atoms with Crippen LogP contribution in [0.1, 0.15) is 19.4 Å². The van der Waals surface area contributed by atoms with Crippen molar-refractivity contribution in [3.8, 4) is 0 Å². The summed E-state index contributed by atoms with van der Waals surface area (Å²) in [6.45, 7) is 4.80. The highest BCUT2D eigenvalue weighted by atomic mass is 16.3. The van der Waals surface area contributed by atoms with Gasteiger partial charge in [-0.1, -0.05) is 18.2 Å². The molecular weight excluding hydrogens is 268 g/mol. The van der Waals surface area contributed by atoms with Crippen molar-refractivity contribution in [1.82, 2.24) is 5.43 Å². The number of hydrogen-bond donors (Lipinski definition) is 3. The molecule has 2 unspecified atom stereocenters. The molecule has 1 heterocycles. The average molecular weight is 290 g/mol. The molecule has 0 radical (unpaired) electrons. The second-order valence-corrected chi connectivity index (χ2v) is 5.09. The molecule has 2 atom stereocenters. The fourth-order valence-electron chi connectivity index (χ4n) is 2.42. The molecular formula is C15H22N4O2. The van der Waals surface area contributed by atoms with E-state index in [2.05, 4.69) is 10.5 Å². The Kier molecular flexibility index (Phi) is 4.93. The molecule has 0 fully saturated rings. The number of nitrogens with one attached hydrogen (secondary N) is 1. The van der Waals surface area contributed by atoms with Crippen LogP contribution in [0, 0.1) is 5.92 Å². The van der Waals surface area contributed by atoms with Crippen molar-refractivity contribution in [2.75, 3.05) is 24.5 Å². The minimum Gasteiger partial charge on any atom is -0.390 e. The van der Waals surface area contributed by atoms with E-state index in [1.165, 1.54) is 0 Å². The first-order valence-corrected chi connectivity index (χ1v) is 7.19. The maximum absolute atomic E-state index is 12.6. The molecule has 0 aromatic heterocycles. The molecule has 4 N–H and O–H groups in total. The van der Waals surface area contributed by atoms with E-state index in [0.29, 0.717) is 6.54 Å².